The van der Waals surface area contributed by atoms with Crippen molar-refractivity contribution in [1.82, 2.24) is 4.90 Å². The van der Waals surface area contributed by atoms with Gasteiger partial charge in [-0.1, -0.05) is 41.8 Å². The normalized spacial score (nSPS) is 35.5. The van der Waals surface area contributed by atoms with E-state index in [1.165, 1.54) is 38.5 Å². The van der Waals surface area contributed by atoms with Gasteiger partial charge >= 0.3 is 0 Å². The molecule has 3 nitrogen and oxygen atoms in total. The lowest BCUT2D eigenvalue weighted by Gasteiger charge is -2.44. The highest BCUT2D eigenvalue weighted by molar-refractivity contribution is 9.11. The highest BCUT2D eigenvalue weighted by Gasteiger charge is 2.50. The third kappa shape index (κ3) is 4.53. The minimum atomic E-state index is -1.20. The maximum absolute atomic E-state index is 12.7. The molecule has 1 amide bonds. The molecule has 2 aliphatic carbocycles. The zero-order valence-corrected chi connectivity index (χ0v) is 19.8. The van der Waals surface area contributed by atoms with Gasteiger partial charge in [0.15, 0.2) is 0 Å². The van der Waals surface area contributed by atoms with Gasteiger partial charge in [0.1, 0.15) is 5.60 Å². The molecule has 1 unspecified atom stereocenters. The summed E-state index contributed by atoms with van der Waals surface area (Å²) in [4.78, 5) is 16.8. The minimum absolute atomic E-state index is 0.0490. The average molecular weight is 454 g/mol. The van der Waals surface area contributed by atoms with Crippen LogP contribution < -0.4 is 0 Å². The maximum atomic E-state index is 12.7. The summed E-state index contributed by atoms with van der Waals surface area (Å²) in [5.41, 5.74) is 0.859. The lowest BCUT2D eigenvalue weighted by Crippen LogP contribution is -2.49. The van der Waals surface area contributed by atoms with Crippen LogP contribution in [0.25, 0.3) is 0 Å². The summed E-state index contributed by atoms with van der Waals surface area (Å²) in [5, 5.41) is 10.8. The predicted octanol–water partition coefficient (Wildman–Crippen LogP) is 6.05. The fraction of sp³-hybridized carbons (Fsp3) is 0.875. The van der Waals surface area contributed by atoms with Gasteiger partial charge in [-0.3, -0.25) is 4.79 Å². The number of amides is 1. The first-order valence-electron chi connectivity index (χ1n) is 11.6. The molecule has 0 bridgehead atoms. The van der Waals surface area contributed by atoms with E-state index >= 15 is 0 Å². The Morgan fingerprint density at radius 1 is 1.32 bits per heavy atom. The van der Waals surface area contributed by atoms with Crippen LogP contribution in [0, 0.1) is 23.2 Å². The number of hydrogen-bond acceptors (Lipinski definition) is 2. The first-order chi connectivity index (χ1) is 13.3. The molecule has 5 atom stereocenters. The second-order valence-electron chi connectivity index (χ2n) is 10.3. The van der Waals surface area contributed by atoms with Crippen LogP contribution in [0.1, 0.15) is 91.4 Å². The Hall–Kier alpha value is -0.350. The molecule has 0 aromatic heterocycles. The van der Waals surface area contributed by atoms with Crippen molar-refractivity contribution >= 4 is 21.8 Å². The fourth-order valence-electron chi connectivity index (χ4n) is 6.66. The van der Waals surface area contributed by atoms with Gasteiger partial charge in [-0.05, 0) is 99.3 Å². The number of rotatable bonds is 6. The molecule has 1 heterocycles. The van der Waals surface area contributed by atoms with Crippen molar-refractivity contribution in [2.75, 3.05) is 13.1 Å². The maximum Gasteiger partial charge on any atom is 0.254 e. The van der Waals surface area contributed by atoms with Crippen molar-refractivity contribution in [3.05, 3.63) is 10.6 Å². The first-order valence-corrected chi connectivity index (χ1v) is 12.5. The SMILES string of the molecule is C[C@H](CCC[C@@](C)(O)C(=O)N1CCCCC1)[C@H]1CCC2C(=CBr)CCC[C@@]21C. The molecule has 1 N–H and O–H groups in total. The molecule has 160 valence electrons. The summed E-state index contributed by atoms with van der Waals surface area (Å²) < 4.78 is 0. The van der Waals surface area contributed by atoms with E-state index in [1.807, 2.05) is 4.90 Å². The molecule has 1 saturated heterocycles. The quantitative estimate of drug-likeness (QED) is 0.531. The van der Waals surface area contributed by atoms with E-state index in [9.17, 15) is 9.90 Å². The summed E-state index contributed by atoms with van der Waals surface area (Å²) in [6.45, 7) is 8.30. The second-order valence-corrected chi connectivity index (χ2v) is 10.7. The lowest BCUT2D eigenvalue weighted by molar-refractivity contribution is -0.151. The van der Waals surface area contributed by atoms with E-state index in [4.69, 9.17) is 0 Å². The number of carbonyl (C=O) groups excluding carboxylic acids is 1. The minimum Gasteiger partial charge on any atom is -0.380 e. The van der Waals surface area contributed by atoms with Gasteiger partial charge < -0.3 is 10.0 Å². The molecule has 0 radical (unpaired) electrons. The van der Waals surface area contributed by atoms with Crippen LogP contribution in [-0.2, 0) is 4.79 Å². The Labute approximate surface area is 180 Å². The molecule has 0 aromatic rings. The first kappa shape index (κ1) is 22.3. The van der Waals surface area contributed by atoms with Gasteiger partial charge in [0.2, 0.25) is 0 Å². The Bertz CT molecular complexity index is 581. The van der Waals surface area contributed by atoms with E-state index in [0.717, 1.165) is 50.6 Å². The molecule has 3 aliphatic rings. The highest BCUT2D eigenvalue weighted by atomic mass is 79.9. The number of likely N-dealkylation sites (tertiary alicyclic amines) is 1. The van der Waals surface area contributed by atoms with E-state index in [-0.39, 0.29) is 5.91 Å². The molecule has 0 spiro atoms. The number of nitrogens with zero attached hydrogens (tertiary/aromatic N) is 1. The summed E-state index contributed by atoms with van der Waals surface area (Å²) in [6.07, 6.45) is 12.6. The van der Waals surface area contributed by atoms with Gasteiger partial charge in [0.05, 0.1) is 0 Å². The standard InChI is InChI=1S/C24H40BrNO2/c1-18(20-11-12-21-19(17-25)10-8-13-23(20,21)2)9-7-14-24(3,28)22(27)26-15-5-4-6-16-26/h17-18,20-21,28H,4-16H2,1-3H3/t18-,20-,21?,23-,24-/m1/s1. The van der Waals surface area contributed by atoms with E-state index in [1.54, 1.807) is 12.5 Å². The molecule has 1 aliphatic heterocycles. The molecular weight excluding hydrogens is 414 g/mol. The van der Waals surface area contributed by atoms with E-state index in [2.05, 4.69) is 34.8 Å². The van der Waals surface area contributed by atoms with Crippen molar-refractivity contribution in [3.8, 4) is 0 Å². The summed E-state index contributed by atoms with van der Waals surface area (Å²) >= 11 is 3.61. The van der Waals surface area contributed by atoms with Gasteiger partial charge in [0.25, 0.3) is 5.91 Å². The number of fused-ring (bicyclic) bond motifs is 1. The molecule has 3 fully saturated rings. The summed E-state index contributed by atoms with van der Waals surface area (Å²) in [7, 11) is 0. The Morgan fingerprint density at radius 2 is 2.04 bits per heavy atom. The molecule has 0 aromatic carbocycles. The molecule has 2 saturated carbocycles. The number of carbonyl (C=O) groups is 1. The van der Waals surface area contributed by atoms with Crippen molar-refractivity contribution in [2.24, 2.45) is 23.2 Å². The number of aliphatic hydroxyl groups is 1. The highest BCUT2D eigenvalue weighted by Crippen LogP contribution is 2.60. The van der Waals surface area contributed by atoms with Crippen LogP contribution in [0.3, 0.4) is 0 Å². The van der Waals surface area contributed by atoms with Crippen LogP contribution >= 0.6 is 15.9 Å². The van der Waals surface area contributed by atoms with Crippen LogP contribution in [0.15, 0.2) is 10.6 Å². The third-order valence-electron chi connectivity index (χ3n) is 8.29. The van der Waals surface area contributed by atoms with Gasteiger partial charge in [0, 0.05) is 13.1 Å². The summed E-state index contributed by atoms with van der Waals surface area (Å²) in [5.74, 6) is 2.12. The Balaban J connectivity index is 1.52. The number of hydrogen-bond donors (Lipinski definition) is 1. The van der Waals surface area contributed by atoms with Crippen molar-refractivity contribution in [1.29, 1.82) is 0 Å². The largest absolute Gasteiger partial charge is 0.380 e. The zero-order valence-electron chi connectivity index (χ0n) is 18.2. The van der Waals surface area contributed by atoms with Crippen molar-refractivity contribution in [2.45, 2.75) is 97.0 Å². The van der Waals surface area contributed by atoms with Gasteiger partial charge in [-0.15, -0.1) is 0 Å². The third-order valence-corrected chi connectivity index (χ3v) is 8.88. The van der Waals surface area contributed by atoms with E-state index in [0.29, 0.717) is 17.8 Å². The number of allylic oxidation sites excluding steroid dienone is 1. The van der Waals surface area contributed by atoms with E-state index < -0.39 is 5.60 Å². The van der Waals surface area contributed by atoms with Crippen LogP contribution in [0.4, 0.5) is 0 Å². The monoisotopic (exact) mass is 453 g/mol. The van der Waals surface area contributed by atoms with Crippen molar-refractivity contribution in [3.63, 3.8) is 0 Å². The van der Waals surface area contributed by atoms with Crippen LogP contribution in [-0.4, -0.2) is 34.6 Å². The molecule has 3 rings (SSSR count). The zero-order chi connectivity index (χ0) is 20.4. The number of piperidine rings is 1. The smallest absolute Gasteiger partial charge is 0.254 e. The van der Waals surface area contributed by atoms with Crippen molar-refractivity contribution < 1.29 is 9.90 Å². The fourth-order valence-corrected chi connectivity index (χ4v) is 7.21. The average Bonchev–Trinajstić information content (AvgIpc) is 3.04. The van der Waals surface area contributed by atoms with Gasteiger partial charge in [-0.2, -0.15) is 0 Å². The topological polar surface area (TPSA) is 40.5 Å². The lowest BCUT2D eigenvalue weighted by atomic mass is 9.61. The van der Waals surface area contributed by atoms with Crippen LogP contribution in [0.2, 0.25) is 0 Å². The van der Waals surface area contributed by atoms with Crippen LogP contribution in [0.5, 0.6) is 0 Å². The Kier molecular flexibility index (Phi) is 7.34. The molecule has 4 heteroatoms. The van der Waals surface area contributed by atoms with Gasteiger partial charge in [-0.25, -0.2) is 0 Å². The second kappa shape index (κ2) is 9.20. The molecule has 28 heavy (non-hydrogen) atoms. The molecular formula is C24H40BrNO2. The predicted molar refractivity (Wildman–Crippen MR) is 119 cm³/mol. The number of halogens is 1. The Morgan fingerprint density at radius 3 is 2.71 bits per heavy atom. The summed E-state index contributed by atoms with van der Waals surface area (Å²) in [6, 6.07) is 0.